The van der Waals surface area contributed by atoms with Gasteiger partial charge in [-0.2, -0.15) is 9.36 Å². The van der Waals surface area contributed by atoms with Gasteiger partial charge < -0.3 is 35.9 Å². The SMILES string of the molecule is CC(C)(O/N=C(\C(=O)NC1C(=O)N2C(C(=O)O)=C(C[n+]3ccc(NCC[N+](C)(C)C)cc3)CSC12)c1nsc(N)n1)C(=O)O. The summed E-state index contributed by atoms with van der Waals surface area (Å²) in [6, 6.07) is 2.73. The van der Waals surface area contributed by atoms with Gasteiger partial charge in [0.2, 0.25) is 17.1 Å². The molecule has 2 aromatic rings. The maximum absolute atomic E-state index is 13.2. The van der Waals surface area contributed by atoms with Crippen molar-refractivity contribution in [2.45, 2.75) is 37.4 Å². The predicted octanol–water partition coefficient (Wildman–Crippen LogP) is -0.451. The fourth-order valence-electron chi connectivity index (χ4n) is 4.17. The average molecular weight is 650 g/mol. The highest BCUT2D eigenvalue weighted by Gasteiger charge is 2.55. The molecule has 16 nitrogen and oxygen atoms in total. The van der Waals surface area contributed by atoms with E-state index in [4.69, 9.17) is 10.6 Å². The van der Waals surface area contributed by atoms with E-state index in [1.165, 1.54) is 25.6 Å². The van der Waals surface area contributed by atoms with Crippen molar-refractivity contribution in [2.24, 2.45) is 5.16 Å². The van der Waals surface area contributed by atoms with Crippen LogP contribution in [-0.4, -0.2) is 115 Å². The van der Waals surface area contributed by atoms with Gasteiger partial charge >= 0.3 is 11.9 Å². The van der Waals surface area contributed by atoms with E-state index >= 15 is 0 Å². The number of fused-ring (bicyclic) bond motifs is 1. The highest BCUT2D eigenvalue weighted by atomic mass is 32.2. The molecule has 0 saturated carbocycles. The molecular formula is C26H35N9O7S2+2. The number of nitrogen functional groups attached to an aromatic ring is 1. The summed E-state index contributed by atoms with van der Waals surface area (Å²) in [6.45, 7) is 4.46. The smallest absolute Gasteiger partial charge is 0.352 e. The van der Waals surface area contributed by atoms with Crippen molar-refractivity contribution < 1.29 is 43.3 Å². The van der Waals surface area contributed by atoms with E-state index in [9.17, 15) is 29.4 Å². The Morgan fingerprint density at radius 3 is 2.50 bits per heavy atom. The van der Waals surface area contributed by atoms with Gasteiger partial charge in [0, 0.05) is 40.7 Å². The number of carboxylic acid groups (broad SMARTS) is 2. The van der Waals surface area contributed by atoms with E-state index in [2.05, 4.69) is 46.3 Å². The fourth-order valence-corrected chi connectivity index (χ4v) is 5.93. The summed E-state index contributed by atoms with van der Waals surface area (Å²) >= 11 is 2.09. The lowest BCUT2D eigenvalue weighted by Crippen LogP contribution is -2.71. The van der Waals surface area contributed by atoms with E-state index < -0.39 is 46.5 Å². The minimum atomic E-state index is -1.78. The maximum Gasteiger partial charge on any atom is 0.352 e. The van der Waals surface area contributed by atoms with Crippen LogP contribution in [0.4, 0.5) is 10.8 Å². The number of hydrogen-bond acceptors (Lipinski definition) is 12. The van der Waals surface area contributed by atoms with Gasteiger partial charge in [0.15, 0.2) is 24.1 Å². The number of aliphatic carboxylic acids is 2. The lowest BCUT2D eigenvalue weighted by Gasteiger charge is -2.49. The monoisotopic (exact) mass is 649 g/mol. The lowest BCUT2D eigenvalue weighted by molar-refractivity contribution is -0.868. The highest BCUT2D eigenvalue weighted by molar-refractivity contribution is 8.00. The Morgan fingerprint density at radius 2 is 1.93 bits per heavy atom. The van der Waals surface area contributed by atoms with Crippen molar-refractivity contribution in [3.8, 4) is 0 Å². The standard InChI is InChI=1S/C26H33N9O7S2/c1-26(2,24(40)41)42-31-16(19-30-25(27)44-32-19)20(36)29-17-21(37)34-18(23(38)39)14(13-43-22(17)34)12-33-9-6-15(7-10-33)28-8-11-35(3,4)5/h6-7,9-10,17,22H,8,11-13H2,1-5H3,(H4-,27,29,30,32,36,38,39,40,41)/p+2/b31-16-. The Hall–Kier alpha value is -4.29. The molecule has 0 aliphatic carbocycles. The van der Waals surface area contributed by atoms with Crippen LogP contribution in [0.2, 0.25) is 0 Å². The minimum Gasteiger partial charge on any atom is -0.478 e. The van der Waals surface area contributed by atoms with E-state index in [0.29, 0.717) is 11.3 Å². The van der Waals surface area contributed by atoms with Crippen LogP contribution in [0.15, 0.2) is 41.0 Å². The van der Waals surface area contributed by atoms with Crippen molar-refractivity contribution >= 4 is 63.6 Å². The summed E-state index contributed by atoms with van der Waals surface area (Å²) in [7, 11) is 6.34. The third-order valence-corrected chi connectivity index (χ3v) is 8.54. The largest absolute Gasteiger partial charge is 0.478 e. The van der Waals surface area contributed by atoms with Crippen molar-refractivity contribution in [1.29, 1.82) is 0 Å². The molecule has 4 heterocycles. The fraction of sp³-hybridized carbons (Fsp3) is 0.462. The quantitative estimate of drug-likeness (QED) is 0.0614. The minimum absolute atomic E-state index is 0.0270. The first-order valence-electron chi connectivity index (χ1n) is 13.4. The van der Waals surface area contributed by atoms with Gasteiger partial charge in [-0.3, -0.25) is 14.5 Å². The zero-order chi connectivity index (χ0) is 32.4. The third kappa shape index (κ3) is 7.43. The summed E-state index contributed by atoms with van der Waals surface area (Å²) in [6.07, 6.45) is 3.68. The molecule has 0 spiro atoms. The zero-order valence-corrected chi connectivity index (χ0v) is 26.4. The molecule has 1 saturated heterocycles. The number of thioether (sulfide) groups is 1. The first-order valence-corrected chi connectivity index (χ1v) is 15.2. The Labute approximate surface area is 261 Å². The van der Waals surface area contributed by atoms with Gasteiger partial charge in [0.05, 0.1) is 34.2 Å². The number of rotatable bonds is 13. The summed E-state index contributed by atoms with van der Waals surface area (Å²) in [4.78, 5) is 60.4. The van der Waals surface area contributed by atoms with Crippen LogP contribution in [0.1, 0.15) is 19.7 Å². The average Bonchev–Trinajstić information content (AvgIpc) is 3.37. The number of oxime groups is 1. The number of hydrogen-bond donors (Lipinski definition) is 5. The van der Waals surface area contributed by atoms with E-state index in [0.717, 1.165) is 39.7 Å². The van der Waals surface area contributed by atoms with Gasteiger partial charge in [-0.05, 0) is 13.8 Å². The molecule has 0 bridgehead atoms. The summed E-state index contributed by atoms with van der Waals surface area (Å²) < 4.78 is 6.61. The molecule has 236 valence electrons. The van der Waals surface area contributed by atoms with E-state index in [1.807, 2.05) is 29.1 Å². The zero-order valence-electron chi connectivity index (χ0n) is 24.8. The molecule has 18 heteroatoms. The molecule has 2 aliphatic heterocycles. The number of pyridine rings is 1. The number of amides is 2. The van der Waals surface area contributed by atoms with Crippen LogP contribution >= 0.6 is 23.3 Å². The second-order valence-corrected chi connectivity index (χ2v) is 13.5. The summed E-state index contributed by atoms with van der Waals surface area (Å²) in [5.74, 6) is -4.04. The number of β-lactam (4-membered cyclic amide) rings is 1. The lowest BCUT2D eigenvalue weighted by atomic mass is 10.0. The molecule has 2 atom stereocenters. The Morgan fingerprint density at radius 1 is 1.25 bits per heavy atom. The van der Waals surface area contributed by atoms with Crippen LogP contribution in [0, 0.1) is 0 Å². The van der Waals surface area contributed by atoms with Crippen molar-refractivity contribution in [3.05, 3.63) is 41.6 Å². The summed E-state index contributed by atoms with van der Waals surface area (Å²) in [5.41, 5.74) is 4.72. The van der Waals surface area contributed by atoms with Crippen LogP contribution in [0.3, 0.4) is 0 Å². The highest BCUT2D eigenvalue weighted by Crippen LogP contribution is 2.40. The normalized spacial score (nSPS) is 18.8. The molecular weight excluding hydrogens is 614 g/mol. The molecule has 6 N–H and O–H groups in total. The molecule has 44 heavy (non-hydrogen) atoms. The van der Waals surface area contributed by atoms with Gasteiger partial charge in [0.1, 0.15) is 17.1 Å². The second-order valence-electron chi connectivity index (χ2n) is 11.6. The number of carbonyl (C=O) groups excluding carboxylic acids is 2. The van der Waals surface area contributed by atoms with Gasteiger partial charge in [0.25, 0.3) is 11.8 Å². The topological polar surface area (TPSA) is 213 Å². The van der Waals surface area contributed by atoms with E-state index in [-0.39, 0.29) is 23.2 Å². The van der Waals surface area contributed by atoms with Crippen molar-refractivity contribution in [3.63, 3.8) is 0 Å². The van der Waals surface area contributed by atoms with Gasteiger partial charge in [-0.15, -0.1) is 11.8 Å². The van der Waals surface area contributed by atoms with Crippen LogP contribution in [0.5, 0.6) is 0 Å². The number of nitrogens with zero attached hydrogens (tertiary/aromatic N) is 6. The second kappa shape index (κ2) is 12.7. The van der Waals surface area contributed by atoms with Crippen LogP contribution in [-0.2, 0) is 30.6 Å². The molecule has 2 aromatic heterocycles. The third-order valence-electron chi connectivity index (χ3n) is 6.66. The Bertz CT molecular complexity index is 1520. The molecule has 4 rings (SSSR count). The number of carbonyl (C=O) groups is 4. The number of aromatic nitrogens is 3. The number of likely N-dealkylation sites (N-methyl/N-ethyl adjacent to an activating group) is 1. The number of quaternary nitrogens is 1. The van der Waals surface area contributed by atoms with Crippen molar-refractivity contribution in [2.75, 3.05) is 51.0 Å². The first-order chi connectivity index (χ1) is 20.6. The molecule has 0 aromatic carbocycles. The molecule has 0 radical (unpaired) electrons. The molecule has 1 fully saturated rings. The molecule has 2 unspecified atom stereocenters. The molecule has 2 aliphatic rings. The van der Waals surface area contributed by atoms with Gasteiger partial charge in [-0.25, -0.2) is 14.2 Å². The number of nitrogens with one attached hydrogen (secondary N) is 2. The predicted molar refractivity (Wildman–Crippen MR) is 161 cm³/mol. The van der Waals surface area contributed by atoms with Crippen LogP contribution in [0.25, 0.3) is 0 Å². The summed E-state index contributed by atoms with van der Waals surface area (Å²) in [5, 5.41) is 28.3. The number of carboxylic acids is 2. The van der Waals surface area contributed by atoms with Crippen molar-refractivity contribution in [1.82, 2.24) is 19.6 Å². The number of anilines is 2. The first kappa shape index (κ1) is 32.6. The van der Waals surface area contributed by atoms with Gasteiger partial charge in [-0.1, -0.05) is 5.16 Å². The van der Waals surface area contributed by atoms with E-state index in [1.54, 1.807) is 0 Å². The molecule has 2 amide bonds. The Balaban J connectivity index is 1.47. The Kier molecular flexibility index (Phi) is 9.45. The maximum atomic E-state index is 13.2. The number of nitrogens with two attached hydrogens (primary N) is 1. The van der Waals surface area contributed by atoms with Crippen LogP contribution < -0.4 is 20.9 Å².